The molecule has 7 atom stereocenters. The molecule has 1 aromatic rings. The largest absolute Gasteiger partial charge is 0.508 e. The zero-order chi connectivity index (χ0) is 36.2. The molecule has 13 heteroatoms. The van der Waals surface area contributed by atoms with E-state index in [1.54, 1.807) is 6.07 Å². The number of carboxylic acid groups (broad SMARTS) is 1. The predicted molar refractivity (Wildman–Crippen MR) is 163 cm³/mol. The van der Waals surface area contributed by atoms with Crippen molar-refractivity contribution in [1.29, 1.82) is 0 Å². The van der Waals surface area contributed by atoms with Crippen LogP contribution in [0.3, 0.4) is 0 Å². The fourth-order valence-corrected chi connectivity index (χ4v) is 10.1. The van der Waals surface area contributed by atoms with Crippen LogP contribution in [0.15, 0.2) is 18.2 Å². The van der Waals surface area contributed by atoms with Crippen LogP contribution in [-0.2, 0) is 11.2 Å². The van der Waals surface area contributed by atoms with Crippen LogP contribution in [0.1, 0.15) is 120 Å². The molecule has 0 amide bonds. The van der Waals surface area contributed by atoms with E-state index in [-0.39, 0.29) is 35.5 Å². The Hall–Kier alpha value is -2.18. The number of aromatic hydroxyl groups is 1. The molecule has 49 heavy (non-hydrogen) atoms. The van der Waals surface area contributed by atoms with Crippen molar-refractivity contribution in [3.8, 4) is 5.75 Å². The van der Waals surface area contributed by atoms with Crippen LogP contribution in [-0.4, -0.2) is 51.3 Å². The van der Waals surface area contributed by atoms with Gasteiger partial charge in [0.05, 0.1) is 12.0 Å². The number of phenols is 1. The second kappa shape index (κ2) is 13.4. The average molecular weight is 715 g/mol. The van der Waals surface area contributed by atoms with Gasteiger partial charge >= 0.3 is 29.9 Å². The number of aliphatic carboxylic acids is 1. The molecule has 4 nitrogen and oxygen atoms in total. The molecule has 0 radical (unpaired) electrons. The zero-order valence-corrected chi connectivity index (χ0v) is 27.7. The van der Waals surface area contributed by atoms with Crippen LogP contribution in [0.5, 0.6) is 5.75 Å². The normalized spacial score (nSPS) is 30.1. The van der Waals surface area contributed by atoms with Crippen molar-refractivity contribution < 1.29 is 59.6 Å². The highest BCUT2D eigenvalue weighted by Gasteiger charge is 2.81. The van der Waals surface area contributed by atoms with E-state index in [1.165, 1.54) is 11.1 Å². The van der Waals surface area contributed by atoms with Crippen LogP contribution >= 0.6 is 0 Å². The quantitative estimate of drug-likeness (QED) is 0.125. The molecule has 5 rings (SSSR count). The van der Waals surface area contributed by atoms with E-state index in [4.69, 9.17) is 0 Å². The Bertz CT molecular complexity index is 1340. The second-order valence-electron chi connectivity index (χ2n) is 15.6. The van der Waals surface area contributed by atoms with Gasteiger partial charge in [-0.05, 0) is 110 Å². The number of fused-ring (bicyclic) bond motifs is 6. The van der Waals surface area contributed by atoms with E-state index in [9.17, 15) is 59.6 Å². The topological polar surface area (TPSA) is 77.8 Å². The van der Waals surface area contributed by atoms with Crippen LogP contribution in [0, 0.1) is 34.5 Å². The third-order valence-corrected chi connectivity index (χ3v) is 13.1. The van der Waals surface area contributed by atoms with Crippen molar-refractivity contribution in [3.63, 3.8) is 0 Å². The minimum absolute atomic E-state index is 0.0514. The molecule has 4 unspecified atom stereocenters. The highest BCUT2D eigenvalue weighted by atomic mass is 19.4. The summed E-state index contributed by atoms with van der Waals surface area (Å²) in [6, 6.07) is 5.72. The first-order chi connectivity index (χ1) is 22.7. The molecule has 0 bridgehead atoms. The van der Waals surface area contributed by atoms with Gasteiger partial charge in [0.15, 0.2) is 0 Å². The van der Waals surface area contributed by atoms with Gasteiger partial charge in [0.25, 0.3) is 0 Å². The summed E-state index contributed by atoms with van der Waals surface area (Å²) in [7, 11) is 0. The summed E-state index contributed by atoms with van der Waals surface area (Å²) in [6.07, 6.45) is 0.470. The lowest BCUT2D eigenvalue weighted by molar-refractivity contribution is -0.396. The molecule has 0 heterocycles. The van der Waals surface area contributed by atoms with Crippen LogP contribution < -0.4 is 0 Å². The molecule has 3 N–H and O–H groups in total. The molecule has 1 aromatic carbocycles. The van der Waals surface area contributed by atoms with Crippen LogP contribution in [0.4, 0.5) is 39.5 Å². The number of carboxylic acids is 1. The zero-order valence-electron chi connectivity index (χ0n) is 27.7. The standard InChI is InChI=1S/C36H47F9O4/c1-31-14-13-26-25-11-10-24(46)19-23(25)18-22(29(26)27(31)20-28(47)32(31)16-17-32)9-7-5-3-2-4-6-8-21(30(48)49)12-15-33(37,38)34(39,40)35(41,42)36(43,44)45/h10-11,19,21-22,26-29,46-47H,2-9,12-18,20H2,1H3,(H,48,49)/t21?,22-,26?,27?,28-,29?,31+/m1/s1. The number of carbonyl (C=O) groups is 1. The maximum atomic E-state index is 13.9. The first-order valence-corrected chi connectivity index (χ1v) is 17.6. The second-order valence-corrected chi connectivity index (χ2v) is 15.6. The highest BCUT2D eigenvalue weighted by Crippen LogP contribution is 2.76. The number of hydrogen-bond acceptors (Lipinski definition) is 3. The molecular weight excluding hydrogens is 667 g/mol. The average Bonchev–Trinajstić information content (AvgIpc) is 3.79. The molecule has 278 valence electrons. The molecule has 4 aliphatic rings. The molecular formula is C36H47F9O4. The number of aliphatic hydroxyl groups is 1. The molecule has 0 aromatic heterocycles. The number of hydrogen-bond donors (Lipinski definition) is 3. The van der Waals surface area contributed by atoms with Crippen molar-refractivity contribution in [2.45, 2.75) is 146 Å². The van der Waals surface area contributed by atoms with Crippen molar-refractivity contribution in [2.75, 3.05) is 0 Å². The van der Waals surface area contributed by atoms with Crippen molar-refractivity contribution >= 4 is 5.97 Å². The van der Waals surface area contributed by atoms with Crippen molar-refractivity contribution in [2.24, 2.45) is 34.5 Å². The van der Waals surface area contributed by atoms with Gasteiger partial charge in [-0.1, -0.05) is 51.5 Å². The minimum atomic E-state index is -6.98. The van der Waals surface area contributed by atoms with Gasteiger partial charge in [-0.15, -0.1) is 0 Å². The number of phenolic OH excluding ortho intramolecular Hbond substituents is 1. The third kappa shape index (κ3) is 6.67. The number of benzene rings is 1. The maximum Gasteiger partial charge on any atom is 0.460 e. The van der Waals surface area contributed by atoms with Crippen LogP contribution in [0.2, 0.25) is 0 Å². The predicted octanol–water partition coefficient (Wildman–Crippen LogP) is 10.3. The molecule has 3 fully saturated rings. The molecule has 0 saturated heterocycles. The Morgan fingerprint density at radius 2 is 1.53 bits per heavy atom. The van der Waals surface area contributed by atoms with Gasteiger partial charge in [0.1, 0.15) is 5.75 Å². The monoisotopic (exact) mass is 714 g/mol. The number of halogens is 9. The summed E-state index contributed by atoms with van der Waals surface area (Å²) >= 11 is 0. The van der Waals surface area contributed by atoms with Crippen LogP contribution in [0.25, 0.3) is 0 Å². The summed E-state index contributed by atoms with van der Waals surface area (Å²) in [5.41, 5.74) is 2.69. The van der Waals surface area contributed by atoms with Gasteiger partial charge in [0.2, 0.25) is 0 Å². The Labute approximate surface area is 280 Å². The van der Waals surface area contributed by atoms with Crippen molar-refractivity contribution in [1.82, 2.24) is 0 Å². The Balaban J connectivity index is 1.09. The van der Waals surface area contributed by atoms with E-state index < -0.39 is 48.7 Å². The summed E-state index contributed by atoms with van der Waals surface area (Å²) in [5, 5.41) is 30.7. The molecule has 1 spiro atoms. The Kier molecular flexibility index (Phi) is 10.4. The number of alkyl halides is 9. The smallest absolute Gasteiger partial charge is 0.460 e. The Morgan fingerprint density at radius 1 is 0.898 bits per heavy atom. The number of rotatable bonds is 15. The number of aliphatic hydroxyl groups excluding tert-OH is 1. The van der Waals surface area contributed by atoms with E-state index in [0.29, 0.717) is 36.5 Å². The van der Waals surface area contributed by atoms with Gasteiger partial charge < -0.3 is 15.3 Å². The maximum absolute atomic E-state index is 13.9. The lowest BCUT2D eigenvalue weighted by Gasteiger charge is -2.54. The summed E-state index contributed by atoms with van der Waals surface area (Å²) in [4.78, 5) is 11.5. The van der Waals surface area contributed by atoms with Gasteiger partial charge in [-0.25, -0.2) is 0 Å². The highest BCUT2D eigenvalue weighted by molar-refractivity contribution is 5.69. The fraction of sp³-hybridized carbons (Fsp3) is 0.806. The first kappa shape index (κ1) is 38.1. The summed E-state index contributed by atoms with van der Waals surface area (Å²) in [5.74, 6) is -20.8. The van der Waals surface area contributed by atoms with Gasteiger partial charge in [-0.3, -0.25) is 4.79 Å². The fourth-order valence-electron chi connectivity index (χ4n) is 10.1. The van der Waals surface area contributed by atoms with Gasteiger partial charge in [-0.2, -0.15) is 39.5 Å². The SMILES string of the molecule is C[C@]12CCC3c4ccc(O)cc4C[C@@H](CCCCCCCCC(CCC(F)(F)C(F)(F)C(F)(F)C(F)(F)F)C(=O)O)C3C1C[C@@H](O)C21CC1. The van der Waals surface area contributed by atoms with Gasteiger partial charge in [0, 0.05) is 11.8 Å². The van der Waals surface area contributed by atoms with E-state index in [1.807, 2.05) is 6.07 Å². The summed E-state index contributed by atoms with van der Waals surface area (Å²) in [6.45, 7) is 2.39. The Morgan fingerprint density at radius 3 is 2.14 bits per heavy atom. The third-order valence-electron chi connectivity index (χ3n) is 13.1. The van der Waals surface area contributed by atoms with E-state index in [2.05, 4.69) is 13.0 Å². The minimum Gasteiger partial charge on any atom is -0.508 e. The van der Waals surface area contributed by atoms with E-state index in [0.717, 1.165) is 64.2 Å². The first-order valence-electron chi connectivity index (χ1n) is 17.6. The molecule has 3 saturated carbocycles. The molecule has 0 aliphatic heterocycles. The summed E-state index contributed by atoms with van der Waals surface area (Å²) < 4.78 is 118. The van der Waals surface area contributed by atoms with E-state index >= 15 is 0 Å². The van der Waals surface area contributed by atoms with Crippen molar-refractivity contribution in [3.05, 3.63) is 29.3 Å². The lowest BCUT2D eigenvalue weighted by atomic mass is 9.50. The number of unbranched alkanes of at least 4 members (excludes halogenated alkanes) is 5. The molecule has 4 aliphatic carbocycles. The lowest BCUT2D eigenvalue weighted by Crippen LogP contribution is -2.60.